The van der Waals surface area contributed by atoms with Gasteiger partial charge in [-0.3, -0.25) is 10.1 Å². The summed E-state index contributed by atoms with van der Waals surface area (Å²) in [5, 5.41) is 12.0. The van der Waals surface area contributed by atoms with Crippen molar-refractivity contribution in [3.8, 4) is 11.6 Å². The topological polar surface area (TPSA) is 104 Å². The molecule has 0 aliphatic rings. The molecule has 33 heavy (non-hydrogen) atoms. The summed E-state index contributed by atoms with van der Waals surface area (Å²) in [7, 11) is 0. The Morgan fingerprint density at radius 2 is 1.85 bits per heavy atom. The van der Waals surface area contributed by atoms with E-state index in [-0.39, 0.29) is 23.9 Å². The monoisotopic (exact) mass is 481 g/mol. The number of hydrogen-bond acceptors (Lipinski definition) is 9. The first-order valence-corrected chi connectivity index (χ1v) is 11.8. The van der Waals surface area contributed by atoms with Gasteiger partial charge in [0.2, 0.25) is 11.6 Å². The van der Waals surface area contributed by atoms with Crippen LogP contribution in [0.25, 0.3) is 10.2 Å². The average Bonchev–Trinajstić information content (AvgIpc) is 3.15. The van der Waals surface area contributed by atoms with Crippen LogP contribution in [0.2, 0.25) is 0 Å². The molecule has 0 spiro atoms. The van der Waals surface area contributed by atoms with Crippen LogP contribution in [0, 0.1) is 17.0 Å². The van der Waals surface area contributed by atoms with Gasteiger partial charge in [-0.15, -0.1) is 23.1 Å². The molecular weight excluding hydrogens is 462 g/mol. The van der Waals surface area contributed by atoms with Gasteiger partial charge in [-0.05, 0) is 37.6 Å². The lowest BCUT2D eigenvalue weighted by Crippen LogP contribution is -2.03. The summed E-state index contributed by atoms with van der Waals surface area (Å²) in [6.45, 7) is 3.75. The van der Waals surface area contributed by atoms with Crippen molar-refractivity contribution in [1.82, 2.24) is 9.97 Å². The van der Waals surface area contributed by atoms with Crippen molar-refractivity contribution in [3.63, 3.8) is 0 Å². The van der Waals surface area contributed by atoms with Gasteiger partial charge in [-0.1, -0.05) is 30.3 Å². The van der Waals surface area contributed by atoms with Gasteiger partial charge < -0.3 is 9.47 Å². The summed E-state index contributed by atoms with van der Waals surface area (Å²) in [6.07, 6.45) is 0. The molecular formula is C23H19N3O5S2. The van der Waals surface area contributed by atoms with Gasteiger partial charge in [0.1, 0.15) is 15.5 Å². The first-order chi connectivity index (χ1) is 16.0. The predicted octanol–water partition coefficient (Wildman–Crippen LogP) is 6.17. The van der Waals surface area contributed by atoms with Crippen molar-refractivity contribution in [1.29, 1.82) is 0 Å². The second kappa shape index (κ2) is 9.97. The van der Waals surface area contributed by atoms with Gasteiger partial charge in [0.05, 0.1) is 22.7 Å². The van der Waals surface area contributed by atoms with Crippen molar-refractivity contribution >= 4 is 45.0 Å². The molecule has 0 aliphatic heterocycles. The van der Waals surface area contributed by atoms with E-state index in [2.05, 4.69) is 9.97 Å². The zero-order chi connectivity index (χ0) is 23.4. The summed E-state index contributed by atoms with van der Waals surface area (Å²) in [6, 6.07) is 15.9. The van der Waals surface area contributed by atoms with Crippen molar-refractivity contribution in [3.05, 3.63) is 81.0 Å². The molecule has 0 fully saturated rings. The number of nitro groups is 1. The number of carbonyl (C=O) groups excluding carboxylic acids is 1. The average molecular weight is 482 g/mol. The van der Waals surface area contributed by atoms with E-state index in [1.54, 1.807) is 37.7 Å². The van der Waals surface area contributed by atoms with Crippen LogP contribution in [0.3, 0.4) is 0 Å². The number of fused-ring (bicyclic) bond motifs is 1. The molecule has 2 aromatic carbocycles. The molecule has 0 saturated carbocycles. The van der Waals surface area contributed by atoms with Gasteiger partial charge in [0.25, 0.3) is 0 Å². The van der Waals surface area contributed by atoms with Crippen LogP contribution in [0.5, 0.6) is 11.6 Å². The van der Waals surface area contributed by atoms with E-state index in [4.69, 9.17) is 9.47 Å². The Morgan fingerprint density at radius 1 is 1.12 bits per heavy atom. The Bertz CT molecular complexity index is 1320. The maximum Gasteiger partial charge on any atom is 0.348 e. The maximum absolute atomic E-state index is 12.4. The second-order valence-electron chi connectivity index (χ2n) is 6.83. The Morgan fingerprint density at radius 3 is 2.58 bits per heavy atom. The molecule has 4 rings (SSSR count). The lowest BCUT2D eigenvalue weighted by molar-refractivity contribution is -0.385. The zero-order valence-corrected chi connectivity index (χ0v) is 19.4. The minimum absolute atomic E-state index is 0.0625. The fraction of sp³-hybridized carbons (Fsp3) is 0.174. The highest BCUT2D eigenvalue weighted by molar-refractivity contribution is 7.98. The molecule has 2 aromatic heterocycles. The number of esters is 1. The third-order valence-corrected chi connectivity index (χ3v) is 6.82. The predicted molar refractivity (Wildman–Crippen MR) is 127 cm³/mol. The van der Waals surface area contributed by atoms with Crippen LogP contribution in [0.4, 0.5) is 5.69 Å². The van der Waals surface area contributed by atoms with E-state index in [1.165, 1.54) is 23.5 Å². The van der Waals surface area contributed by atoms with Gasteiger partial charge in [0, 0.05) is 11.0 Å². The molecule has 4 aromatic rings. The summed E-state index contributed by atoms with van der Waals surface area (Å²) < 4.78 is 11.1. The number of para-hydroxylation sites is 2. The fourth-order valence-corrected chi connectivity index (χ4v) is 5.00. The molecule has 0 atom stereocenters. The van der Waals surface area contributed by atoms with Gasteiger partial charge in [0.15, 0.2) is 0 Å². The molecule has 0 bridgehead atoms. The van der Waals surface area contributed by atoms with E-state index >= 15 is 0 Å². The molecule has 0 saturated heterocycles. The standard InChI is InChI=1S/C23H19N3O5S2/c1-3-30-23(27)20-14(2)19-21(31-17-12-8-7-11-16(17)26(28)29)24-18(25-22(19)33-20)13-32-15-9-5-4-6-10-15/h4-12H,3,13H2,1-2H3. The highest BCUT2D eigenvalue weighted by Crippen LogP contribution is 2.39. The largest absolute Gasteiger partial charge is 0.462 e. The third kappa shape index (κ3) is 4.96. The third-order valence-electron chi connectivity index (χ3n) is 4.64. The Labute approximate surface area is 197 Å². The number of carbonyl (C=O) groups is 1. The van der Waals surface area contributed by atoms with Crippen molar-refractivity contribution in [2.75, 3.05) is 6.61 Å². The second-order valence-corrected chi connectivity index (χ2v) is 8.88. The number of nitrogens with zero attached hydrogens (tertiary/aromatic N) is 3. The van der Waals surface area contributed by atoms with Gasteiger partial charge >= 0.3 is 11.7 Å². The molecule has 0 unspecified atom stereocenters. The minimum atomic E-state index is -0.510. The number of aromatic nitrogens is 2. The Balaban J connectivity index is 1.79. The molecule has 0 aliphatic carbocycles. The highest BCUT2D eigenvalue weighted by atomic mass is 32.2. The van der Waals surface area contributed by atoms with E-state index in [1.807, 2.05) is 30.3 Å². The van der Waals surface area contributed by atoms with Crippen LogP contribution in [-0.2, 0) is 10.5 Å². The smallest absolute Gasteiger partial charge is 0.348 e. The summed E-state index contributed by atoms with van der Waals surface area (Å²) in [5.74, 6) is 0.727. The molecule has 0 N–H and O–H groups in total. The lowest BCUT2D eigenvalue weighted by Gasteiger charge is -2.09. The number of nitro benzene ring substituents is 1. The number of hydrogen-bond donors (Lipinski definition) is 0. The van der Waals surface area contributed by atoms with Crippen LogP contribution in [-0.4, -0.2) is 27.5 Å². The normalized spacial score (nSPS) is 10.8. The summed E-state index contributed by atoms with van der Waals surface area (Å²) in [5.41, 5.74) is 0.437. The molecule has 10 heteroatoms. The van der Waals surface area contributed by atoms with Gasteiger partial charge in [-0.2, -0.15) is 4.98 Å². The van der Waals surface area contributed by atoms with Crippen LogP contribution < -0.4 is 4.74 Å². The van der Waals surface area contributed by atoms with E-state index in [0.717, 1.165) is 4.90 Å². The van der Waals surface area contributed by atoms with Crippen molar-refractivity contribution in [2.24, 2.45) is 0 Å². The number of aryl methyl sites for hydroxylation is 1. The van der Waals surface area contributed by atoms with Gasteiger partial charge in [-0.25, -0.2) is 9.78 Å². The molecule has 0 radical (unpaired) electrons. The summed E-state index contributed by atoms with van der Waals surface area (Å²) >= 11 is 2.75. The SMILES string of the molecule is CCOC(=O)c1sc2nc(CSc3ccccc3)nc(Oc3ccccc3[N+](=O)[O-])c2c1C. The van der Waals surface area contributed by atoms with Crippen LogP contribution >= 0.6 is 23.1 Å². The zero-order valence-electron chi connectivity index (χ0n) is 17.8. The number of rotatable bonds is 8. The molecule has 8 nitrogen and oxygen atoms in total. The molecule has 168 valence electrons. The van der Waals surface area contributed by atoms with E-state index in [9.17, 15) is 14.9 Å². The highest BCUT2D eigenvalue weighted by Gasteiger charge is 2.24. The molecule has 0 amide bonds. The maximum atomic E-state index is 12.4. The van der Waals surface area contributed by atoms with E-state index < -0.39 is 10.9 Å². The van der Waals surface area contributed by atoms with Crippen LogP contribution in [0.15, 0.2) is 59.5 Å². The first-order valence-electron chi connectivity index (χ1n) is 10.0. The number of thioether (sulfide) groups is 1. The van der Waals surface area contributed by atoms with Crippen molar-refractivity contribution < 1.29 is 19.2 Å². The minimum Gasteiger partial charge on any atom is -0.462 e. The van der Waals surface area contributed by atoms with Crippen molar-refractivity contribution in [2.45, 2.75) is 24.5 Å². The lowest BCUT2D eigenvalue weighted by atomic mass is 10.2. The fourth-order valence-electron chi connectivity index (χ4n) is 3.14. The number of thiophene rings is 1. The number of benzene rings is 2. The first kappa shape index (κ1) is 22.7. The van der Waals surface area contributed by atoms with Crippen LogP contribution in [0.1, 0.15) is 28.0 Å². The molecule has 2 heterocycles. The quantitative estimate of drug-likeness (QED) is 0.127. The van der Waals surface area contributed by atoms with E-state index in [0.29, 0.717) is 32.2 Å². The summed E-state index contributed by atoms with van der Waals surface area (Å²) in [4.78, 5) is 34.6. The number of ether oxygens (including phenoxy) is 2. The Kier molecular flexibility index (Phi) is 6.85. The Hall–Kier alpha value is -3.50.